The highest BCUT2D eigenvalue weighted by molar-refractivity contribution is 5.75. The van der Waals surface area contributed by atoms with Gasteiger partial charge in [-0.05, 0) is 31.5 Å². The number of carbonyl (C=O) groups is 1. The van der Waals surface area contributed by atoms with Crippen LogP contribution in [0.2, 0.25) is 0 Å². The van der Waals surface area contributed by atoms with Gasteiger partial charge in [-0.25, -0.2) is 0 Å². The fraction of sp³-hybridized carbons (Fsp3) is 0.385. The molecule has 0 unspecified atom stereocenters. The topological polar surface area (TPSA) is 44.1 Å². The Morgan fingerprint density at radius 3 is 2.88 bits per heavy atom. The lowest BCUT2D eigenvalue weighted by molar-refractivity contribution is -0.117. The van der Waals surface area contributed by atoms with Crippen LogP contribution in [0.25, 0.3) is 0 Å². The van der Waals surface area contributed by atoms with Gasteiger partial charge in [-0.1, -0.05) is 6.07 Å². The maximum atomic E-state index is 10.8. The highest BCUT2D eigenvalue weighted by atomic mass is 16.1. The minimum absolute atomic E-state index is 0.221. The summed E-state index contributed by atoms with van der Waals surface area (Å²) in [6.07, 6.45) is 1.46. The summed E-state index contributed by atoms with van der Waals surface area (Å²) in [6, 6.07) is 9.59. The second-order valence-corrected chi connectivity index (χ2v) is 3.89. The van der Waals surface area contributed by atoms with Crippen molar-refractivity contribution in [3.05, 3.63) is 29.8 Å². The van der Waals surface area contributed by atoms with E-state index in [-0.39, 0.29) is 5.78 Å². The number of hydrogen-bond donors (Lipinski definition) is 0. The molecule has 3 nitrogen and oxygen atoms in total. The fourth-order valence-electron chi connectivity index (χ4n) is 1.51. The van der Waals surface area contributed by atoms with Crippen molar-refractivity contribution in [1.82, 2.24) is 0 Å². The number of Topliss-reactive ketones (excluding diaryl/α,β-unsaturated/α-hetero) is 1. The highest BCUT2D eigenvalue weighted by Gasteiger charge is 2.02. The quantitative estimate of drug-likeness (QED) is 0.759. The predicted octanol–water partition coefficient (Wildman–Crippen LogP) is 2.36. The molecule has 0 aliphatic carbocycles. The van der Waals surface area contributed by atoms with Gasteiger partial charge in [0.1, 0.15) is 5.78 Å². The van der Waals surface area contributed by atoms with Crippen LogP contribution in [0.4, 0.5) is 5.69 Å². The van der Waals surface area contributed by atoms with Crippen molar-refractivity contribution in [2.75, 3.05) is 18.5 Å². The van der Waals surface area contributed by atoms with E-state index in [1.54, 1.807) is 13.0 Å². The summed E-state index contributed by atoms with van der Waals surface area (Å²) in [7, 11) is 1.97. The third-order valence-corrected chi connectivity index (χ3v) is 2.44. The molecule has 1 aromatic rings. The van der Waals surface area contributed by atoms with Gasteiger partial charge in [0, 0.05) is 25.7 Å². The molecule has 0 spiro atoms. The highest BCUT2D eigenvalue weighted by Crippen LogP contribution is 2.14. The van der Waals surface area contributed by atoms with Gasteiger partial charge in [0.2, 0.25) is 0 Å². The number of nitriles is 1. The van der Waals surface area contributed by atoms with Crippen molar-refractivity contribution in [2.24, 2.45) is 0 Å². The van der Waals surface area contributed by atoms with E-state index in [1.807, 2.05) is 25.2 Å². The van der Waals surface area contributed by atoms with Crippen LogP contribution in [-0.2, 0) is 4.79 Å². The molecule has 0 N–H and O–H groups in total. The van der Waals surface area contributed by atoms with Gasteiger partial charge in [0.25, 0.3) is 0 Å². The van der Waals surface area contributed by atoms with E-state index >= 15 is 0 Å². The molecule has 0 atom stereocenters. The zero-order valence-corrected chi connectivity index (χ0v) is 9.73. The molecule has 1 rings (SSSR count). The Hall–Kier alpha value is -1.82. The van der Waals surface area contributed by atoms with Crippen molar-refractivity contribution >= 4 is 11.5 Å². The Morgan fingerprint density at radius 1 is 1.50 bits per heavy atom. The molecule has 0 aromatic heterocycles. The van der Waals surface area contributed by atoms with E-state index in [0.29, 0.717) is 12.0 Å². The zero-order valence-electron chi connectivity index (χ0n) is 9.73. The predicted molar refractivity (Wildman–Crippen MR) is 64.3 cm³/mol. The minimum Gasteiger partial charge on any atom is -0.375 e. The lowest BCUT2D eigenvalue weighted by atomic mass is 10.2. The van der Waals surface area contributed by atoms with Gasteiger partial charge in [-0.3, -0.25) is 0 Å². The second kappa shape index (κ2) is 5.92. The van der Waals surface area contributed by atoms with Crippen LogP contribution in [0.15, 0.2) is 24.3 Å². The second-order valence-electron chi connectivity index (χ2n) is 3.89. The van der Waals surface area contributed by atoms with Crippen LogP contribution in [0.5, 0.6) is 0 Å². The first-order chi connectivity index (χ1) is 7.63. The summed E-state index contributed by atoms with van der Waals surface area (Å²) in [5, 5.41) is 8.78. The minimum atomic E-state index is 0.221. The van der Waals surface area contributed by atoms with Crippen molar-refractivity contribution < 1.29 is 4.79 Å². The van der Waals surface area contributed by atoms with Gasteiger partial charge in [0.15, 0.2) is 0 Å². The molecule has 0 saturated heterocycles. The summed E-state index contributed by atoms with van der Waals surface area (Å²) in [5.74, 6) is 0.221. The molecule has 0 heterocycles. The normalized spacial score (nSPS) is 9.56. The van der Waals surface area contributed by atoms with E-state index in [2.05, 4.69) is 11.0 Å². The summed E-state index contributed by atoms with van der Waals surface area (Å²) >= 11 is 0. The number of anilines is 1. The van der Waals surface area contributed by atoms with Crippen LogP contribution in [0.3, 0.4) is 0 Å². The van der Waals surface area contributed by atoms with Crippen molar-refractivity contribution in [3.63, 3.8) is 0 Å². The van der Waals surface area contributed by atoms with Crippen LogP contribution in [0, 0.1) is 11.3 Å². The maximum absolute atomic E-state index is 10.8. The summed E-state index contributed by atoms with van der Waals surface area (Å²) in [4.78, 5) is 12.9. The van der Waals surface area contributed by atoms with E-state index in [1.165, 1.54) is 0 Å². The van der Waals surface area contributed by atoms with Gasteiger partial charge in [-0.2, -0.15) is 5.26 Å². The number of benzene rings is 1. The molecule has 0 radical (unpaired) electrons. The van der Waals surface area contributed by atoms with E-state index in [9.17, 15) is 4.79 Å². The number of rotatable bonds is 5. The first-order valence-electron chi connectivity index (χ1n) is 5.34. The van der Waals surface area contributed by atoms with Crippen molar-refractivity contribution in [2.45, 2.75) is 19.8 Å². The van der Waals surface area contributed by atoms with Gasteiger partial charge in [0.05, 0.1) is 11.6 Å². The Balaban J connectivity index is 2.55. The lowest BCUT2D eigenvalue weighted by Gasteiger charge is -2.18. The first kappa shape index (κ1) is 12.3. The molecule has 0 saturated carbocycles. The summed E-state index contributed by atoms with van der Waals surface area (Å²) < 4.78 is 0. The summed E-state index contributed by atoms with van der Waals surface area (Å²) in [6.45, 7) is 2.44. The molecule has 0 fully saturated rings. The molecular weight excluding hydrogens is 200 g/mol. The number of carbonyl (C=O) groups excluding carboxylic acids is 1. The number of hydrogen-bond acceptors (Lipinski definition) is 3. The standard InChI is InChI=1S/C13H16N2O/c1-11(16)5-4-8-15(2)13-7-3-6-12(9-13)10-14/h3,6-7,9H,4-5,8H2,1-2H3. The molecule has 16 heavy (non-hydrogen) atoms. The van der Waals surface area contributed by atoms with Crippen molar-refractivity contribution in [3.8, 4) is 6.07 Å². The molecule has 0 amide bonds. The van der Waals surface area contributed by atoms with Gasteiger partial charge < -0.3 is 9.69 Å². The van der Waals surface area contributed by atoms with Crippen LogP contribution in [-0.4, -0.2) is 19.4 Å². The lowest BCUT2D eigenvalue weighted by Crippen LogP contribution is -2.19. The SMILES string of the molecule is CC(=O)CCCN(C)c1cccc(C#N)c1. The molecule has 1 aromatic carbocycles. The Bertz CT molecular complexity index is 407. The molecule has 84 valence electrons. The van der Waals surface area contributed by atoms with E-state index in [0.717, 1.165) is 18.7 Å². The Kier molecular flexibility index (Phi) is 4.53. The monoisotopic (exact) mass is 216 g/mol. The van der Waals surface area contributed by atoms with Crippen LogP contribution in [0.1, 0.15) is 25.3 Å². The molecule has 0 bridgehead atoms. The third kappa shape index (κ3) is 3.74. The van der Waals surface area contributed by atoms with Crippen LogP contribution >= 0.6 is 0 Å². The van der Waals surface area contributed by atoms with E-state index in [4.69, 9.17) is 5.26 Å². The molecule has 3 heteroatoms. The number of nitrogens with zero attached hydrogens (tertiary/aromatic N) is 2. The Labute approximate surface area is 96.3 Å². The van der Waals surface area contributed by atoms with Gasteiger partial charge >= 0.3 is 0 Å². The van der Waals surface area contributed by atoms with Crippen molar-refractivity contribution in [1.29, 1.82) is 5.26 Å². The third-order valence-electron chi connectivity index (χ3n) is 2.44. The van der Waals surface area contributed by atoms with E-state index < -0.39 is 0 Å². The Morgan fingerprint density at radius 2 is 2.25 bits per heavy atom. The molecule has 0 aliphatic rings. The molecular formula is C13H16N2O. The average Bonchev–Trinajstić information content (AvgIpc) is 2.28. The number of ketones is 1. The fourth-order valence-corrected chi connectivity index (χ4v) is 1.51. The summed E-state index contributed by atoms with van der Waals surface area (Å²) in [5.41, 5.74) is 1.68. The van der Waals surface area contributed by atoms with Crippen LogP contribution < -0.4 is 4.90 Å². The smallest absolute Gasteiger partial charge is 0.129 e. The van der Waals surface area contributed by atoms with Gasteiger partial charge in [-0.15, -0.1) is 0 Å². The average molecular weight is 216 g/mol. The largest absolute Gasteiger partial charge is 0.375 e. The maximum Gasteiger partial charge on any atom is 0.129 e. The first-order valence-corrected chi connectivity index (χ1v) is 5.34. The zero-order chi connectivity index (χ0) is 12.0. The molecule has 0 aliphatic heterocycles.